The predicted molar refractivity (Wildman–Crippen MR) is 115 cm³/mol. The van der Waals surface area contributed by atoms with Gasteiger partial charge in [0.1, 0.15) is 5.82 Å². The Morgan fingerprint density at radius 2 is 1.57 bits per heavy atom. The van der Waals surface area contributed by atoms with Gasteiger partial charge in [0.05, 0.1) is 5.69 Å². The molecule has 30 heavy (non-hydrogen) atoms. The van der Waals surface area contributed by atoms with E-state index in [9.17, 15) is 8.78 Å². The number of pyridine rings is 1. The Morgan fingerprint density at radius 3 is 2.30 bits per heavy atom. The van der Waals surface area contributed by atoms with Crippen LogP contribution in [0.2, 0.25) is 0 Å². The summed E-state index contributed by atoms with van der Waals surface area (Å²) in [6.45, 7) is 2.14. The Kier molecular flexibility index (Phi) is 5.84. The van der Waals surface area contributed by atoms with Crippen LogP contribution in [-0.2, 0) is 19.3 Å². The maximum absolute atomic E-state index is 15.0. The average molecular weight is 405 g/mol. The van der Waals surface area contributed by atoms with Crippen molar-refractivity contribution in [1.82, 2.24) is 4.98 Å². The Hall–Kier alpha value is -3.14. The SMILES string of the molecule is CCCc1ccc(-c2ccc3c(F)c(CCc4ccc(F)c(F)c4)ccc3c2)nc1. The molecule has 1 aromatic heterocycles. The summed E-state index contributed by atoms with van der Waals surface area (Å²) in [5.41, 5.74) is 4.21. The van der Waals surface area contributed by atoms with Crippen molar-refractivity contribution in [3.05, 3.63) is 101 Å². The Labute approximate surface area is 174 Å². The number of aryl methyl sites for hydroxylation is 3. The molecule has 0 unspecified atom stereocenters. The second kappa shape index (κ2) is 8.70. The lowest BCUT2D eigenvalue weighted by Gasteiger charge is -2.09. The first-order valence-corrected chi connectivity index (χ1v) is 10.2. The molecule has 0 amide bonds. The van der Waals surface area contributed by atoms with E-state index in [0.29, 0.717) is 29.4 Å². The standard InChI is InChI=1S/C26H22F3N/c1-2-3-18-6-13-25(30-16-18)21-10-11-22-20(15-21)9-8-19(26(22)29)7-4-17-5-12-23(27)24(28)14-17/h5-6,8-16H,2-4,7H2,1H3. The van der Waals surface area contributed by atoms with Crippen LogP contribution in [0.1, 0.15) is 30.0 Å². The van der Waals surface area contributed by atoms with Crippen LogP contribution in [0.3, 0.4) is 0 Å². The smallest absolute Gasteiger partial charge is 0.159 e. The molecule has 4 aromatic rings. The van der Waals surface area contributed by atoms with Crippen LogP contribution in [0.25, 0.3) is 22.0 Å². The van der Waals surface area contributed by atoms with Crippen molar-refractivity contribution < 1.29 is 13.2 Å². The molecule has 152 valence electrons. The van der Waals surface area contributed by atoms with E-state index in [2.05, 4.69) is 18.0 Å². The maximum Gasteiger partial charge on any atom is 0.159 e. The van der Waals surface area contributed by atoms with Crippen molar-refractivity contribution >= 4 is 10.8 Å². The normalized spacial score (nSPS) is 11.2. The van der Waals surface area contributed by atoms with Gasteiger partial charge in [-0.2, -0.15) is 0 Å². The van der Waals surface area contributed by atoms with Crippen molar-refractivity contribution in [3.63, 3.8) is 0 Å². The van der Waals surface area contributed by atoms with Crippen LogP contribution in [0.4, 0.5) is 13.2 Å². The molecule has 0 saturated heterocycles. The van der Waals surface area contributed by atoms with Gasteiger partial charge < -0.3 is 0 Å². The molecule has 1 heterocycles. The number of halogens is 3. The van der Waals surface area contributed by atoms with Crippen molar-refractivity contribution in [1.29, 1.82) is 0 Å². The van der Waals surface area contributed by atoms with Crippen LogP contribution < -0.4 is 0 Å². The second-order valence-corrected chi connectivity index (χ2v) is 7.52. The highest BCUT2D eigenvalue weighted by Gasteiger charge is 2.10. The van der Waals surface area contributed by atoms with Gasteiger partial charge in [-0.1, -0.05) is 49.7 Å². The maximum atomic E-state index is 15.0. The van der Waals surface area contributed by atoms with Crippen LogP contribution in [0.5, 0.6) is 0 Å². The van der Waals surface area contributed by atoms with Gasteiger partial charge in [-0.25, -0.2) is 13.2 Å². The van der Waals surface area contributed by atoms with E-state index in [0.717, 1.165) is 35.6 Å². The third-order valence-corrected chi connectivity index (χ3v) is 5.36. The van der Waals surface area contributed by atoms with Crippen LogP contribution >= 0.6 is 0 Å². The van der Waals surface area contributed by atoms with Gasteiger partial charge in [0.25, 0.3) is 0 Å². The van der Waals surface area contributed by atoms with E-state index in [1.54, 1.807) is 12.1 Å². The molecule has 0 spiro atoms. The summed E-state index contributed by atoms with van der Waals surface area (Å²) in [6, 6.07) is 17.1. The van der Waals surface area contributed by atoms with Crippen molar-refractivity contribution in [2.75, 3.05) is 0 Å². The lowest BCUT2D eigenvalue weighted by Crippen LogP contribution is -1.97. The van der Waals surface area contributed by atoms with E-state index >= 15 is 4.39 Å². The summed E-state index contributed by atoms with van der Waals surface area (Å²) in [4.78, 5) is 4.54. The fourth-order valence-electron chi connectivity index (χ4n) is 3.70. The first-order chi connectivity index (χ1) is 14.5. The van der Waals surface area contributed by atoms with Crippen LogP contribution in [-0.4, -0.2) is 4.98 Å². The predicted octanol–water partition coefficient (Wildman–Crippen LogP) is 7.06. The number of hydrogen-bond donors (Lipinski definition) is 0. The molecular formula is C26H22F3N. The number of rotatable bonds is 6. The second-order valence-electron chi connectivity index (χ2n) is 7.52. The van der Waals surface area contributed by atoms with Gasteiger partial charge >= 0.3 is 0 Å². The first-order valence-electron chi connectivity index (χ1n) is 10.2. The number of nitrogens with zero attached hydrogens (tertiary/aromatic N) is 1. The summed E-state index contributed by atoms with van der Waals surface area (Å²) in [5, 5.41) is 1.35. The molecule has 4 rings (SSSR count). The minimum atomic E-state index is -0.879. The minimum Gasteiger partial charge on any atom is -0.256 e. The van der Waals surface area contributed by atoms with Gasteiger partial charge in [0, 0.05) is 17.1 Å². The van der Waals surface area contributed by atoms with E-state index in [1.807, 2.05) is 30.5 Å². The highest BCUT2D eigenvalue weighted by atomic mass is 19.2. The zero-order valence-electron chi connectivity index (χ0n) is 16.8. The molecule has 0 aliphatic rings. The Morgan fingerprint density at radius 1 is 0.733 bits per heavy atom. The van der Waals surface area contributed by atoms with Gasteiger partial charge in [-0.15, -0.1) is 0 Å². The van der Waals surface area contributed by atoms with E-state index in [4.69, 9.17) is 0 Å². The molecule has 0 fully saturated rings. The molecule has 0 N–H and O–H groups in total. The molecule has 4 heteroatoms. The summed E-state index contributed by atoms with van der Waals surface area (Å²) < 4.78 is 41.5. The van der Waals surface area contributed by atoms with Gasteiger partial charge in [-0.05, 0) is 65.6 Å². The molecule has 3 aromatic carbocycles. The van der Waals surface area contributed by atoms with Crippen molar-refractivity contribution in [2.45, 2.75) is 32.6 Å². The van der Waals surface area contributed by atoms with E-state index in [1.165, 1.54) is 17.7 Å². The van der Waals surface area contributed by atoms with Gasteiger partial charge in [-0.3, -0.25) is 4.98 Å². The third kappa shape index (κ3) is 4.23. The lowest BCUT2D eigenvalue weighted by molar-refractivity contribution is 0.507. The topological polar surface area (TPSA) is 12.9 Å². The van der Waals surface area contributed by atoms with Crippen molar-refractivity contribution in [2.24, 2.45) is 0 Å². The van der Waals surface area contributed by atoms with Crippen LogP contribution in [0, 0.1) is 17.5 Å². The number of fused-ring (bicyclic) bond motifs is 1. The van der Waals surface area contributed by atoms with Crippen LogP contribution in [0.15, 0.2) is 66.9 Å². The number of benzene rings is 3. The number of hydrogen-bond acceptors (Lipinski definition) is 1. The first kappa shape index (κ1) is 20.1. The molecule has 0 saturated carbocycles. The summed E-state index contributed by atoms with van der Waals surface area (Å²) >= 11 is 0. The highest BCUT2D eigenvalue weighted by Crippen LogP contribution is 2.27. The molecule has 0 bridgehead atoms. The average Bonchev–Trinajstić information content (AvgIpc) is 2.76. The molecule has 0 radical (unpaired) electrons. The summed E-state index contributed by atoms with van der Waals surface area (Å²) in [5.74, 6) is -2.02. The zero-order chi connectivity index (χ0) is 21.1. The van der Waals surface area contributed by atoms with Crippen molar-refractivity contribution in [3.8, 4) is 11.3 Å². The molecule has 0 atom stereocenters. The fourth-order valence-corrected chi connectivity index (χ4v) is 3.70. The molecule has 1 nitrogen and oxygen atoms in total. The number of aromatic nitrogens is 1. The minimum absolute atomic E-state index is 0.270. The molecule has 0 aliphatic carbocycles. The summed E-state index contributed by atoms with van der Waals surface area (Å²) in [7, 11) is 0. The fraction of sp³-hybridized carbons (Fsp3) is 0.192. The Bertz CT molecular complexity index is 1180. The third-order valence-electron chi connectivity index (χ3n) is 5.36. The van der Waals surface area contributed by atoms with E-state index < -0.39 is 11.6 Å². The van der Waals surface area contributed by atoms with Gasteiger partial charge in [0.15, 0.2) is 11.6 Å². The summed E-state index contributed by atoms with van der Waals surface area (Å²) in [6.07, 6.45) is 4.82. The molecule has 0 aliphatic heterocycles. The quantitative estimate of drug-likeness (QED) is 0.335. The largest absolute Gasteiger partial charge is 0.256 e. The lowest BCUT2D eigenvalue weighted by atomic mass is 9.98. The van der Waals surface area contributed by atoms with Gasteiger partial charge in [0.2, 0.25) is 0 Å². The molecular weight excluding hydrogens is 383 g/mol. The highest BCUT2D eigenvalue weighted by molar-refractivity contribution is 5.88. The van der Waals surface area contributed by atoms with E-state index in [-0.39, 0.29) is 5.82 Å². The Balaban J connectivity index is 1.56. The zero-order valence-corrected chi connectivity index (χ0v) is 16.8. The monoisotopic (exact) mass is 405 g/mol.